The molecule has 6 nitrogen and oxygen atoms in total. The van der Waals surface area contributed by atoms with Crippen molar-refractivity contribution in [3.05, 3.63) is 23.2 Å². The number of thioether (sulfide) groups is 1. The number of anilines is 2. The average Bonchev–Trinajstić information content (AvgIpc) is 2.93. The second kappa shape index (κ2) is 8.55. The third-order valence-electron chi connectivity index (χ3n) is 2.88. The molecular formula is C15H19ClN4O2S2. The van der Waals surface area contributed by atoms with Crippen LogP contribution in [-0.4, -0.2) is 34.5 Å². The molecule has 1 atom stereocenters. The van der Waals surface area contributed by atoms with E-state index in [1.54, 1.807) is 25.3 Å². The molecule has 0 saturated carbocycles. The van der Waals surface area contributed by atoms with Crippen LogP contribution >= 0.6 is 34.7 Å². The SMILES string of the molecule is COc1ccc(Cl)cc1NC(=O)[C@@H](C)Sc1nnc(NC(C)C)s1. The number of carbonyl (C=O) groups is 1. The molecule has 9 heteroatoms. The van der Waals surface area contributed by atoms with Gasteiger partial charge in [-0.05, 0) is 39.0 Å². The Bertz CT molecular complexity index is 709. The summed E-state index contributed by atoms with van der Waals surface area (Å²) in [5.41, 5.74) is 0.543. The van der Waals surface area contributed by atoms with Crippen molar-refractivity contribution in [1.29, 1.82) is 0 Å². The van der Waals surface area contributed by atoms with E-state index in [4.69, 9.17) is 16.3 Å². The van der Waals surface area contributed by atoms with Crippen LogP contribution in [0.15, 0.2) is 22.5 Å². The molecule has 0 unspecified atom stereocenters. The number of hydrogen-bond acceptors (Lipinski definition) is 7. The van der Waals surface area contributed by atoms with Crippen LogP contribution in [0.2, 0.25) is 5.02 Å². The van der Waals surface area contributed by atoms with E-state index in [2.05, 4.69) is 20.8 Å². The molecule has 0 saturated heterocycles. The van der Waals surface area contributed by atoms with E-state index in [9.17, 15) is 4.79 Å². The third-order valence-corrected chi connectivity index (χ3v) is 5.16. The molecule has 130 valence electrons. The number of amides is 1. The van der Waals surface area contributed by atoms with Crippen LogP contribution in [0.3, 0.4) is 0 Å². The van der Waals surface area contributed by atoms with Crippen LogP contribution in [0.5, 0.6) is 5.75 Å². The number of benzene rings is 1. The molecule has 1 aromatic carbocycles. The molecule has 2 aromatic rings. The smallest absolute Gasteiger partial charge is 0.237 e. The zero-order valence-corrected chi connectivity index (χ0v) is 16.2. The Morgan fingerprint density at radius 3 is 2.75 bits per heavy atom. The van der Waals surface area contributed by atoms with Crippen molar-refractivity contribution in [2.24, 2.45) is 0 Å². The number of methoxy groups -OCH3 is 1. The fourth-order valence-corrected chi connectivity index (χ4v) is 3.99. The minimum atomic E-state index is -0.339. The number of aromatic nitrogens is 2. The largest absolute Gasteiger partial charge is 0.495 e. The predicted molar refractivity (Wildman–Crippen MR) is 101 cm³/mol. The van der Waals surface area contributed by atoms with Gasteiger partial charge in [0.15, 0.2) is 4.34 Å². The normalized spacial score (nSPS) is 12.1. The van der Waals surface area contributed by atoms with E-state index < -0.39 is 0 Å². The highest BCUT2D eigenvalue weighted by molar-refractivity contribution is 8.02. The first-order valence-corrected chi connectivity index (χ1v) is 9.37. The fourth-order valence-electron chi connectivity index (χ4n) is 1.78. The zero-order valence-electron chi connectivity index (χ0n) is 13.8. The van der Waals surface area contributed by atoms with Crippen molar-refractivity contribution >= 4 is 51.4 Å². The van der Waals surface area contributed by atoms with Gasteiger partial charge in [-0.3, -0.25) is 4.79 Å². The Hall–Kier alpha value is -1.51. The summed E-state index contributed by atoms with van der Waals surface area (Å²) in [6.45, 7) is 5.87. The second-order valence-corrected chi connectivity index (χ2v) is 8.27. The Labute approximate surface area is 154 Å². The van der Waals surface area contributed by atoms with Crippen LogP contribution in [-0.2, 0) is 4.79 Å². The lowest BCUT2D eigenvalue weighted by Crippen LogP contribution is -2.22. The van der Waals surface area contributed by atoms with Crippen molar-refractivity contribution in [3.8, 4) is 5.75 Å². The van der Waals surface area contributed by atoms with Gasteiger partial charge in [0.2, 0.25) is 11.0 Å². The van der Waals surface area contributed by atoms with Gasteiger partial charge >= 0.3 is 0 Å². The van der Waals surface area contributed by atoms with Crippen LogP contribution in [0.25, 0.3) is 0 Å². The summed E-state index contributed by atoms with van der Waals surface area (Å²) >= 11 is 8.76. The summed E-state index contributed by atoms with van der Waals surface area (Å²) in [5, 5.41) is 15.1. The van der Waals surface area contributed by atoms with Crippen LogP contribution in [0.4, 0.5) is 10.8 Å². The van der Waals surface area contributed by atoms with E-state index in [1.165, 1.54) is 23.1 Å². The number of nitrogens with zero attached hydrogens (tertiary/aromatic N) is 2. The molecule has 1 aromatic heterocycles. The third kappa shape index (κ3) is 5.25. The Balaban J connectivity index is 1.99. The fraction of sp³-hybridized carbons (Fsp3) is 0.400. The average molecular weight is 387 g/mol. The summed E-state index contributed by atoms with van der Waals surface area (Å²) in [5.74, 6) is 0.401. The van der Waals surface area contributed by atoms with Gasteiger partial charge in [0.25, 0.3) is 0 Å². The van der Waals surface area contributed by atoms with Gasteiger partial charge in [-0.25, -0.2) is 0 Å². The molecule has 0 spiro atoms. The van der Waals surface area contributed by atoms with E-state index in [-0.39, 0.29) is 17.2 Å². The van der Waals surface area contributed by atoms with Crippen LogP contribution in [0, 0.1) is 0 Å². The minimum Gasteiger partial charge on any atom is -0.495 e. The van der Waals surface area contributed by atoms with Gasteiger partial charge in [0.05, 0.1) is 18.0 Å². The lowest BCUT2D eigenvalue weighted by atomic mass is 10.3. The monoisotopic (exact) mass is 386 g/mol. The highest BCUT2D eigenvalue weighted by atomic mass is 35.5. The predicted octanol–water partition coefficient (Wildman–Crippen LogP) is 4.14. The number of nitrogens with one attached hydrogen (secondary N) is 2. The van der Waals surface area contributed by atoms with Gasteiger partial charge < -0.3 is 15.4 Å². The first-order chi connectivity index (χ1) is 11.4. The van der Waals surface area contributed by atoms with E-state index in [1.807, 2.05) is 20.8 Å². The molecule has 0 aliphatic rings. The molecular weight excluding hydrogens is 368 g/mol. The molecule has 0 aliphatic carbocycles. The van der Waals surface area contributed by atoms with Crippen molar-refractivity contribution < 1.29 is 9.53 Å². The number of carbonyl (C=O) groups excluding carboxylic acids is 1. The lowest BCUT2D eigenvalue weighted by Gasteiger charge is -2.13. The van der Waals surface area contributed by atoms with Gasteiger partial charge in [-0.2, -0.15) is 0 Å². The van der Waals surface area contributed by atoms with E-state index in [0.29, 0.717) is 16.5 Å². The highest BCUT2D eigenvalue weighted by Gasteiger charge is 2.19. The molecule has 0 aliphatic heterocycles. The maximum absolute atomic E-state index is 12.4. The lowest BCUT2D eigenvalue weighted by molar-refractivity contribution is -0.115. The maximum atomic E-state index is 12.4. The topological polar surface area (TPSA) is 76.1 Å². The summed E-state index contributed by atoms with van der Waals surface area (Å²) in [4.78, 5) is 12.4. The summed E-state index contributed by atoms with van der Waals surface area (Å²) < 4.78 is 5.97. The van der Waals surface area contributed by atoms with Crippen molar-refractivity contribution in [1.82, 2.24) is 10.2 Å². The van der Waals surface area contributed by atoms with Gasteiger partial charge in [-0.1, -0.05) is 34.7 Å². The molecule has 1 amide bonds. The summed E-state index contributed by atoms with van der Waals surface area (Å²) in [6.07, 6.45) is 0. The number of rotatable bonds is 7. The molecule has 0 radical (unpaired) electrons. The number of hydrogen-bond donors (Lipinski definition) is 2. The summed E-state index contributed by atoms with van der Waals surface area (Å²) in [7, 11) is 1.54. The molecule has 0 fully saturated rings. The molecule has 24 heavy (non-hydrogen) atoms. The van der Waals surface area contributed by atoms with E-state index >= 15 is 0 Å². The summed E-state index contributed by atoms with van der Waals surface area (Å²) in [6, 6.07) is 5.36. The van der Waals surface area contributed by atoms with E-state index in [0.717, 1.165) is 9.47 Å². The van der Waals surface area contributed by atoms with Crippen molar-refractivity contribution in [3.63, 3.8) is 0 Å². The second-order valence-electron chi connectivity index (χ2n) is 5.27. The van der Waals surface area contributed by atoms with Gasteiger partial charge in [0, 0.05) is 11.1 Å². The Morgan fingerprint density at radius 2 is 2.08 bits per heavy atom. The number of ether oxygens (including phenoxy) is 1. The first-order valence-electron chi connectivity index (χ1n) is 7.30. The van der Waals surface area contributed by atoms with Crippen molar-refractivity contribution in [2.75, 3.05) is 17.7 Å². The number of halogens is 1. The Kier molecular flexibility index (Phi) is 6.70. The maximum Gasteiger partial charge on any atom is 0.237 e. The quantitative estimate of drug-likeness (QED) is 0.696. The molecule has 0 bridgehead atoms. The zero-order chi connectivity index (χ0) is 17.7. The van der Waals surface area contributed by atoms with Gasteiger partial charge in [0.1, 0.15) is 5.75 Å². The van der Waals surface area contributed by atoms with Crippen LogP contribution < -0.4 is 15.4 Å². The van der Waals surface area contributed by atoms with Crippen LogP contribution in [0.1, 0.15) is 20.8 Å². The first kappa shape index (κ1) is 18.8. The molecule has 2 N–H and O–H groups in total. The molecule has 2 rings (SSSR count). The van der Waals surface area contributed by atoms with Gasteiger partial charge in [-0.15, -0.1) is 10.2 Å². The highest BCUT2D eigenvalue weighted by Crippen LogP contribution is 2.31. The standard InChI is InChI=1S/C15H19ClN4O2S2/c1-8(2)17-14-19-20-15(24-14)23-9(3)13(21)18-11-7-10(16)5-6-12(11)22-4/h5-9H,1-4H3,(H,17,19)(H,18,21)/t9-/m1/s1. The molecule has 1 heterocycles. The minimum absolute atomic E-state index is 0.158. The Morgan fingerprint density at radius 1 is 1.33 bits per heavy atom. The van der Waals surface area contributed by atoms with Crippen molar-refractivity contribution in [2.45, 2.75) is 36.4 Å².